The molecule has 1 heterocycles. The maximum absolute atomic E-state index is 12.4. The molecule has 3 atom stereocenters. The summed E-state index contributed by atoms with van der Waals surface area (Å²) in [6.07, 6.45) is 3.82. The number of imide groups is 1. The molecule has 1 aromatic carbocycles. The number of ether oxygens (including phenoxy) is 2. The van der Waals surface area contributed by atoms with Gasteiger partial charge in [-0.25, -0.2) is 0 Å². The summed E-state index contributed by atoms with van der Waals surface area (Å²) in [5.74, 6) is -1.43. The van der Waals surface area contributed by atoms with Crippen LogP contribution in [0.2, 0.25) is 0 Å². The van der Waals surface area contributed by atoms with Crippen molar-refractivity contribution in [3.05, 3.63) is 42.0 Å². The highest BCUT2D eigenvalue weighted by atomic mass is 16.5. The lowest BCUT2D eigenvalue weighted by atomic mass is 9.85. The Hall–Kier alpha value is -3.16. The standard InChI is InChI=1S/C22H26N2O6/c1-14(20(26)23-13-15-7-9-16(29-2)10-8-15)30-19(25)11-12-24-21(27)17-5-3-4-6-18(17)22(24)28/h3-4,7-10,14,17-18H,5-6,11-13H2,1-2H3,(H,23,26)/t14-,17+,18+/m0/s1. The summed E-state index contributed by atoms with van der Waals surface area (Å²) in [7, 11) is 1.58. The quantitative estimate of drug-likeness (QED) is 0.394. The molecule has 0 aromatic heterocycles. The van der Waals surface area contributed by atoms with Gasteiger partial charge in [-0.3, -0.25) is 24.1 Å². The molecule has 1 aliphatic carbocycles. The number of allylic oxidation sites excluding steroid dienone is 2. The minimum absolute atomic E-state index is 0.0241. The van der Waals surface area contributed by atoms with Crippen molar-refractivity contribution < 1.29 is 28.7 Å². The molecule has 1 fully saturated rings. The van der Waals surface area contributed by atoms with E-state index in [4.69, 9.17) is 9.47 Å². The van der Waals surface area contributed by atoms with Crippen LogP contribution in [-0.4, -0.2) is 48.3 Å². The van der Waals surface area contributed by atoms with Gasteiger partial charge in [-0.1, -0.05) is 24.3 Å². The molecule has 30 heavy (non-hydrogen) atoms. The number of carbonyl (C=O) groups is 4. The van der Waals surface area contributed by atoms with Crippen LogP contribution >= 0.6 is 0 Å². The van der Waals surface area contributed by atoms with Crippen LogP contribution in [0.4, 0.5) is 0 Å². The lowest BCUT2D eigenvalue weighted by Gasteiger charge is -2.16. The summed E-state index contributed by atoms with van der Waals surface area (Å²) in [4.78, 5) is 50.2. The molecule has 160 valence electrons. The van der Waals surface area contributed by atoms with Crippen molar-refractivity contribution in [3.8, 4) is 5.75 Å². The van der Waals surface area contributed by atoms with Crippen molar-refractivity contribution in [2.45, 2.75) is 38.8 Å². The SMILES string of the molecule is COc1ccc(CNC(=O)[C@H](C)OC(=O)CCN2C(=O)[C@@H]3CC=CC[C@H]3C2=O)cc1. The number of hydrogen-bond donors (Lipinski definition) is 1. The van der Waals surface area contributed by atoms with Gasteiger partial charge < -0.3 is 14.8 Å². The third-order valence-corrected chi connectivity index (χ3v) is 5.44. The predicted octanol–water partition coefficient (Wildman–Crippen LogP) is 1.58. The van der Waals surface area contributed by atoms with Crippen molar-refractivity contribution in [1.29, 1.82) is 0 Å². The Kier molecular flexibility index (Phi) is 6.87. The van der Waals surface area contributed by atoms with Crippen molar-refractivity contribution in [2.24, 2.45) is 11.8 Å². The predicted molar refractivity (Wildman–Crippen MR) is 107 cm³/mol. The van der Waals surface area contributed by atoms with Gasteiger partial charge in [0.15, 0.2) is 6.10 Å². The third kappa shape index (κ3) is 4.87. The van der Waals surface area contributed by atoms with Crippen LogP contribution in [0.5, 0.6) is 5.75 Å². The molecule has 8 nitrogen and oxygen atoms in total. The van der Waals surface area contributed by atoms with Crippen molar-refractivity contribution in [3.63, 3.8) is 0 Å². The zero-order chi connectivity index (χ0) is 21.7. The van der Waals surface area contributed by atoms with Gasteiger partial charge in [0.1, 0.15) is 5.75 Å². The second-order valence-corrected chi connectivity index (χ2v) is 7.43. The molecule has 1 N–H and O–H groups in total. The second-order valence-electron chi connectivity index (χ2n) is 7.43. The second kappa shape index (κ2) is 9.56. The molecule has 0 unspecified atom stereocenters. The van der Waals surface area contributed by atoms with Crippen molar-refractivity contribution in [2.75, 3.05) is 13.7 Å². The number of carbonyl (C=O) groups excluding carboxylic acids is 4. The number of likely N-dealkylation sites (tertiary alicyclic amines) is 1. The third-order valence-electron chi connectivity index (χ3n) is 5.44. The van der Waals surface area contributed by atoms with Crippen LogP contribution in [0.15, 0.2) is 36.4 Å². The van der Waals surface area contributed by atoms with Crippen LogP contribution in [0.1, 0.15) is 31.7 Å². The summed E-state index contributed by atoms with van der Waals surface area (Å²) in [5, 5.41) is 2.70. The van der Waals surface area contributed by atoms with Gasteiger partial charge >= 0.3 is 5.97 Å². The molecule has 2 aliphatic rings. The minimum Gasteiger partial charge on any atom is -0.497 e. The zero-order valence-electron chi connectivity index (χ0n) is 17.1. The van der Waals surface area contributed by atoms with E-state index in [0.717, 1.165) is 16.2 Å². The van der Waals surface area contributed by atoms with E-state index in [9.17, 15) is 19.2 Å². The van der Waals surface area contributed by atoms with Crippen LogP contribution in [0.25, 0.3) is 0 Å². The van der Waals surface area contributed by atoms with E-state index >= 15 is 0 Å². The van der Waals surface area contributed by atoms with E-state index in [1.807, 2.05) is 24.3 Å². The summed E-state index contributed by atoms with van der Waals surface area (Å²) >= 11 is 0. The number of benzene rings is 1. The Bertz CT molecular complexity index is 822. The molecule has 3 amide bonds. The summed E-state index contributed by atoms with van der Waals surface area (Å²) in [6.45, 7) is 1.75. The molecule has 3 rings (SSSR count). The molecule has 0 radical (unpaired) electrons. The van der Waals surface area contributed by atoms with Gasteiger partial charge in [-0.05, 0) is 37.5 Å². The number of methoxy groups -OCH3 is 1. The average Bonchev–Trinajstić information content (AvgIpc) is 3.01. The van der Waals surface area contributed by atoms with E-state index in [2.05, 4.69) is 5.32 Å². The fraction of sp³-hybridized carbons (Fsp3) is 0.455. The Balaban J connectivity index is 1.42. The molecule has 8 heteroatoms. The highest BCUT2D eigenvalue weighted by Crippen LogP contribution is 2.35. The monoisotopic (exact) mass is 414 g/mol. The summed E-state index contributed by atoms with van der Waals surface area (Å²) < 4.78 is 10.2. The molecule has 0 bridgehead atoms. The van der Waals surface area contributed by atoms with Gasteiger partial charge in [0.2, 0.25) is 11.8 Å². The fourth-order valence-corrected chi connectivity index (χ4v) is 3.68. The Morgan fingerprint density at radius 2 is 1.70 bits per heavy atom. The van der Waals surface area contributed by atoms with Gasteiger partial charge in [0, 0.05) is 13.1 Å². The van der Waals surface area contributed by atoms with Gasteiger partial charge in [0.25, 0.3) is 5.91 Å². The fourth-order valence-electron chi connectivity index (χ4n) is 3.68. The van der Waals surface area contributed by atoms with Crippen LogP contribution in [-0.2, 0) is 30.5 Å². The highest BCUT2D eigenvalue weighted by molar-refractivity contribution is 6.05. The first kappa shape index (κ1) is 21.5. The van der Waals surface area contributed by atoms with Crippen LogP contribution in [0.3, 0.4) is 0 Å². The Labute approximate surface area is 175 Å². The van der Waals surface area contributed by atoms with Crippen molar-refractivity contribution in [1.82, 2.24) is 10.2 Å². The van der Waals surface area contributed by atoms with E-state index in [1.54, 1.807) is 19.2 Å². The molecule has 0 saturated carbocycles. The maximum atomic E-state index is 12.4. The van der Waals surface area contributed by atoms with Gasteiger partial charge in [-0.2, -0.15) is 0 Å². The number of fused-ring (bicyclic) bond motifs is 1. The average molecular weight is 414 g/mol. The molecule has 1 aliphatic heterocycles. The summed E-state index contributed by atoms with van der Waals surface area (Å²) in [5.41, 5.74) is 0.879. The largest absolute Gasteiger partial charge is 0.497 e. The highest BCUT2D eigenvalue weighted by Gasteiger charge is 2.47. The molecular formula is C22H26N2O6. The lowest BCUT2D eigenvalue weighted by molar-refractivity contribution is -0.155. The topological polar surface area (TPSA) is 102 Å². The van der Waals surface area contributed by atoms with E-state index in [0.29, 0.717) is 12.8 Å². The van der Waals surface area contributed by atoms with Gasteiger partial charge in [0.05, 0.1) is 25.4 Å². The van der Waals surface area contributed by atoms with Crippen molar-refractivity contribution >= 4 is 23.7 Å². The smallest absolute Gasteiger partial charge is 0.308 e. The molecular weight excluding hydrogens is 388 g/mol. The number of nitrogens with zero attached hydrogens (tertiary/aromatic N) is 1. The van der Waals surface area contributed by atoms with Crippen LogP contribution in [0, 0.1) is 11.8 Å². The van der Waals surface area contributed by atoms with Gasteiger partial charge in [-0.15, -0.1) is 0 Å². The lowest BCUT2D eigenvalue weighted by Crippen LogP contribution is -2.37. The first-order chi connectivity index (χ1) is 14.4. The molecule has 1 aromatic rings. The number of hydrogen-bond acceptors (Lipinski definition) is 6. The Morgan fingerprint density at radius 3 is 2.27 bits per heavy atom. The number of amides is 3. The maximum Gasteiger partial charge on any atom is 0.308 e. The molecule has 0 spiro atoms. The van der Waals surface area contributed by atoms with E-state index < -0.39 is 18.0 Å². The first-order valence-corrected chi connectivity index (χ1v) is 10.0. The number of nitrogens with one attached hydrogen (secondary N) is 1. The normalized spacial score (nSPS) is 21.2. The molecule has 1 saturated heterocycles. The van der Waals surface area contributed by atoms with E-state index in [1.165, 1.54) is 6.92 Å². The first-order valence-electron chi connectivity index (χ1n) is 10.0. The minimum atomic E-state index is -0.979. The van der Waals surface area contributed by atoms with E-state index in [-0.39, 0.29) is 43.2 Å². The number of esters is 1. The Morgan fingerprint density at radius 1 is 1.10 bits per heavy atom. The van der Waals surface area contributed by atoms with Crippen LogP contribution < -0.4 is 10.1 Å². The number of rotatable bonds is 8. The summed E-state index contributed by atoms with van der Waals surface area (Å²) in [6, 6.07) is 7.23. The zero-order valence-corrected chi connectivity index (χ0v) is 17.1.